The summed E-state index contributed by atoms with van der Waals surface area (Å²) in [4.78, 5) is 96.6. The maximum Gasteiger partial charge on any atom is 0.305 e. The molecule has 18 heteroatoms. The summed E-state index contributed by atoms with van der Waals surface area (Å²) in [5.74, 6) is -7.52. The molecule has 1 saturated carbocycles. The molecule has 0 aromatic carbocycles. The van der Waals surface area contributed by atoms with E-state index in [1.807, 2.05) is 0 Å². The molecule has 2 rings (SSSR count). The molecular weight excluding hydrogens is 636 g/mol. The number of hydrogen-bond acceptors (Lipinski definition) is 18. The second-order valence-corrected chi connectivity index (χ2v) is 10.8. The molecule has 47 heavy (non-hydrogen) atoms. The van der Waals surface area contributed by atoms with Crippen molar-refractivity contribution in [2.75, 3.05) is 13.2 Å². The van der Waals surface area contributed by atoms with Crippen LogP contribution in [0.3, 0.4) is 0 Å². The molecule has 1 saturated heterocycles. The number of rotatable bonds is 12. The van der Waals surface area contributed by atoms with E-state index in [1.165, 1.54) is 0 Å². The summed E-state index contributed by atoms with van der Waals surface area (Å²) in [7, 11) is 0. The Morgan fingerprint density at radius 2 is 0.872 bits per heavy atom. The first-order chi connectivity index (χ1) is 21.9. The van der Waals surface area contributed by atoms with Gasteiger partial charge in [-0.25, -0.2) is 0 Å². The Kier molecular flexibility index (Phi) is 14.5. The smallest absolute Gasteiger partial charge is 0.305 e. The third kappa shape index (κ3) is 12.1. The predicted octanol–water partition coefficient (Wildman–Crippen LogP) is -0.167. The van der Waals surface area contributed by atoms with Crippen molar-refractivity contribution in [1.29, 1.82) is 0 Å². The van der Waals surface area contributed by atoms with Crippen molar-refractivity contribution in [2.45, 2.75) is 117 Å². The van der Waals surface area contributed by atoms with Gasteiger partial charge in [0.15, 0.2) is 18.3 Å². The monoisotopic (exact) mass is 676 g/mol. The highest BCUT2D eigenvalue weighted by molar-refractivity contribution is 5.70. The van der Waals surface area contributed by atoms with Crippen molar-refractivity contribution >= 4 is 47.8 Å². The molecule has 0 spiro atoms. The van der Waals surface area contributed by atoms with Gasteiger partial charge in [-0.05, 0) is 6.42 Å². The standard InChI is InChI=1S/C29H40O18/c1-12(30)38-10-20-9-21(24(41-15(4)33)26(42-16(5)34)23(20)40-14(3)32)46-25-22(11-39-13(2)31)47-29(45-19(8)37)28(44-18(7)36)27(25)43-17(6)35/h20-29H,9-11H2,1-8H3/t20-,21+,22-,23-,24+,25-,26+,27+,28-,29+/m1/s1. The van der Waals surface area contributed by atoms with E-state index in [-0.39, 0.29) is 13.0 Å². The predicted molar refractivity (Wildman–Crippen MR) is 148 cm³/mol. The first kappa shape index (κ1) is 38.9. The van der Waals surface area contributed by atoms with E-state index in [2.05, 4.69) is 0 Å². The van der Waals surface area contributed by atoms with Gasteiger partial charge in [0.1, 0.15) is 24.9 Å². The van der Waals surface area contributed by atoms with E-state index < -0.39 is 115 Å². The minimum absolute atomic E-state index is 0.198. The molecule has 264 valence electrons. The quantitative estimate of drug-likeness (QED) is 0.193. The van der Waals surface area contributed by atoms with Crippen molar-refractivity contribution in [2.24, 2.45) is 5.92 Å². The van der Waals surface area contributed by atoms with Crippen LogP contribution in [-0.2, 0) is 85.7 Å². The van der Waals surface area contributed by atoms with Gasteiger partial charge in [0.2, 0.25) is 12.4 Å². The highest BCUT2D eigenvalue weighted by atomic mass is 16.7. The minimum atomic E-state index is -1.67. The zero-order valence-electron chi connectivity index (χ0n) is 27.2. The molecule has 0 aromatic rings. The number of carbonyl (C=O) groups is 8. The van der Waals surface area contributed by atoms with Crippen LogP contribution in [0, 0.1) is 5.92 Å². The summed E-state index contributed by atoms with van der Waals surface area (Å²) in [5.41, 5.74) is 0. The fourth-order valence-corrected chi connectivity index (χ4v) is 5.25. The Morgan fingerprint density at radius 3 is 1.34 bits per heavy atom. The van der Waals surface area contributed by atoms with Gasteiger partial charge in [-0.3, -0.25) is 38.4 Å². The Balaban J connectivity index is 2.73. The van der Waals surface area contributed by atoms with Crippen molar-refractivity contribution in [3.05, 3.63) is 0 Å². The minimum Gasteiger partial charge on any atom is -0.465 e. The van der Waals surface area contributed by atoms with Crippen LogP contribution in [0.2, 0.25) is 0 Å². The second-order valence-electron chi connectivity index (χ2n) is 10.8. The Hall–Kier alpha value is -4.32. The summed E-state index contributed by atoms with van der Waals surface area (Å²) in [6.45, 7) is 7.63. The fourth-order valence-electron chi connectivity index (χ4n) is 5.25. The van der Waals surface area contributed by atoms with E-state index in [9.17, 15) is 38.4 Å². The van der Waals surface area contributed by atoms with Crippen LogP contribution in [-0.4, -0.2) is 116 Å². The molecule has 1 heterocycles. The SMILES string of the molecule is CC(=O)OC[C@H]1C[C@H](O[C@H]2[C@H](OC(C)=O)[C@@H](OC(C)=O)[C@@H](OC(C)=O)O[C@@H]2COC(C)=O)[C@H](OC(C)=O)[C@@H](OC(C)=O)[C@@H]1OC(C)=O. The van der Waals surface area contributed by atoms with Gasteiger partial charge >= 0.3 is 47.8 Å². The molecule has 2 fully saturated rings. The lowest BCUT2D eigenvalue weighted by molar-refractivity contribution is -0.317. The summed E-state index contributed by atoms with van der Waals surface area (Å²) >= 11 is 0. The third-order valence-corrected chi connectivity index (χ3v) is 6.68. The Bertz CT molecular complexity index is 1200. The molecule has 18 nitrogen and oxygen atoms in total. The summed E-state index contributed by atoms with van der Waals surface area (Å²) in [6, 6.07) is 0. The van der Waals surface area contributed by atoms with E-state index >= 15 is 0 Å². The lowest BCUT2D eigenvalue weighted by atomic mass is 9.80. The summed E-state index contributed by atoms with van der Waals surface area (Å²) < 4.78 is 55.1. The highest BCUT2D eigenvalue weighted by Crippen LogP contribution is 2.38. The highest BCUT2D eigenvalue weighted by Gasteiger charge is 2.57. The lowest BCUT2D eigenvalue weighted by Gasteiger charge is -2.48. The van der Waals surface area contributed by atoms with Gasteiger partial charge in [-0.15, -0.1) is 0 Å². The Morgan fingerprint density at radius 1 is 0.468 bits per heavy atom. The van der Waals surface area contributed by atoms with Gasteiger partial charge in [0, 0.05) is 61.3 Å². The van der Waals surface area contributed by atoms with Gasteiger partial charge < -0.3 is 47.4 Å². The molecule has 0 amide bonds. The Labute approximate surface area is 269 Å². The van der Waals surface area contributed by atoms with Crippen LogP contribution in [0.1, 0.15) is 61.8 Å². The molecule has 0 bridgehead atoms. The largest absolute Gasteiger partial charge is 0.465 e. The maximum atomic E-state index is 12.3. The van der Waals surface area contributed by atoms with Gasteiger partial charge in [0.05, 0.1) is 12.7 Å². The third-order valence-electron chi connectivity index (χ3n) is 6.68. The molecule has 0 unspecified atom stereocenters. The van der Waals surface area contributed by atoms with Crippen LogP contribution >= 0.6 is 0 Å². The van der Waals surface area contributed by atoms with Crippen LogP contribution in [0.25, 0.3) is 0 Å². The van der Waals surface area contributed by atoms with Crippen molar-refractivity contribution in [3.63, 3.8) is 0 Å². The zero-order valence-corrected chi connectivity index (χ0v) is 27.2. The van der Waals surface area contributed by atoms with Crippen LogP contribution in [0.15, 0.2) is 0 Å². The van der Waals surface area contributed by atoms with Gasteiger partial charge in [-0.1, -0.05) is 0 Å². The molecular formula is C29H40O18. The van der Waals surface area contributed by atoms with Gasteiger partial charge in [0.25, 0.3) is 0 Å². The number of ether oxygens (including phenoxy) is 10. The first-order valence-corrected chi connectivity index (χ1v) is 14.5. The normalized spacial score (nSPS) is 30.0. The number of hydrogen-bond donors (Lipinski definition) is 0. The average molecular weight is 677 g/mol. The lowest BCUT2D eigenvalue weighted by Crippen LogP contribution is -2.66. The molecule has 10 atom stereocenters. The zero-order chi connectivity index (χ0) is 35.6. The molecule has 0 radical (unpaired) electrons. The molecule has 0 aromatic heterocycles. The van der Waals surface area contributed by atoms with E-state index in [0.29, 0.717) is 0 Å². The number of carbonyl (C=O) groups excluding carboxylic acids is 8. The molecule has 2 aliphatic rings. The second kappa shape index (κ2) is 17.6. The van der Waals surface area contributed by atoms with Crippen molar-refractivity contribution in [1.82, 2.24) is 0 Å². The fraction of sp³-hybridized carbons (Fsp3) is 0.724. The van der Waals surface area contributed by atoms with E-state index in [1.54, 1.807) is 0 Å². The van der Waals surface area contributed by atoms with Crippen LogP contribution in [0.4, 0.5) is 0 Å². The van der Waals surface area contributed by atoms with Gasteiger partial charge in [-0.2, -0.15) is 0 Å². The van der Waals surface area contributed by atoms with Crippen LogP contribution < -0.4 is 0 Å². The topological polar surface area (TPSA) is 229 Å². The van der Waals surface area contributed by atoms with Crippen molar-refractivity contribution < 1.29 is 85.7 Å². The molecule has 1 aliphatic heterocycles. The van der Waals surface area contributed by atoms with E-state index in [0.717, 1.165) is 55.4 Å². The summed E-state index contributed by atoms with van der Waals surface area (Å²) in [5, 5.41) is 0. The van der Waals surface area contributed by atoms with E-state index in [4.69, 9.17) is 47.4 Å². The molecule has 0 N–H and O–H groups in total. The van der Waals surface area contributed by atoms with Crippen LogP contribution in [0.5, 0.6) is 0 Å². The maximum absolute atomic E-state index is 12.3. The molecule has 1 aliphatic carbocycles. The number of esters is 8. The van der Waals surface area contributed by atoms with Crippen molar-refractivity contribution in [3.8, 4) is 0 Å². The average Bonchev–Trinajstić information content (AvgIpc) is 2.91. The first-order valence-electron chi connectivity index (χ1n) is 14.5. The summed E-state index contributed by atoms with van der Waals surface area (Å²) in [6.07, 6.45) is -13.6.